The van der Waals surface area contributed by atoms with Crippen LogP contribution in [0, 0.1) is 17.7 Å². The fourth-order valence-corrected chi connectivity index (χ4v) is 3.80. The van der Waals surface area contributed by atoms with Crippen molar-refractivity contribution in [2.75, 3.05) is 0 Å². The van der Waals surface area contributed by atoms with Crippen LogP contribution in [0.2, 0.25) is 0 Å². The number of fused-ring (bicyclic) bond motifs is 1. The second-order valence-electron chi connectivity index (χ2n) is 6.32. The Kier molecular flexibility index (Phi) is 3.05. The van der Waals surface area contributed by atoms with E-state index in [0.717, 1.165) is 24.2 Å². The minimum absolute atomic E-state index is 0.118. The van der Waals surface area contributed by atoms with Gasteiger partial charge in [-0.15, -0.1) is 0 Å². The molecule has 2 nitrogen and oxygen atoms in total. The average Bonchev–Trinajstić information content (AvgIpc) is 2.37. The molecule has 3 heteroatoms. The summed E-state index contributed by atoms with van der Waals surface area (Å²) in [6.45, 7) is 4.56. The molecule has 19 heavy (non-hydrogen) atoms. The summed E-state index contributed by atoms with van der Waals surface area (Å²) in [6.07, 6.45) is 4.31. The second kappa shape index (κ2) is 4.48. The highest BCUT2D eigenvalue weighted by atomic mass is 19.1. The Hall–Kier alpha value is -1.09. The topological polar surface area (TPSA) is 35.2 Å². The lowest BCUT2D eigenvalue weighted by molar-refractivity contribution is -0.0615. The third-order valence-electron chi connectivity index (χ3n) is 5.19. The van der Waals surface area contributed by atoms with Crippen molar-refractivity contribution in [3.63, 3.8) is 0 Å². The predicted octanol–water partition coefficient (Wildman–Crippen LogP) is 3.80. The summed E-state index contributed by atoms with van der Waals surface area (Å²) in [6, 6.07) is 4.59. The van der Waals surface area contributed by atoms with Crippen LogP contribution >= 0.6 is 0 Å². The van der Waals surface area contributed by atoms with Crippen molar-refractivity contribution in [2.24, 2.45) is 17.6 Å². The highest BCUT2D eigenvalue weighted by molar-refractivity contribution is 5.39. The van der Waals surface area contributed by atoms with Crippen LogP contribution in [-0.2, 0) is 0 Å². The summed E-state index contributed by atoms with van der Waals surface area (Å²) in [5, 5.41) is 0. The van der Waals surface area contributed by atoms with E-state index in [1.165, 1.54) is 25.0 Å². The van der Waals surface area contributed by atoms with Crippen molar-refractivity contribution in [1.82, 2.24) is 0 Å². The molecule has 0 bridgehead atoms. The molecule has 1 aromatic carbocycles. The van der Waals surface area contributed by atoms with Gasteiger partial charge in [-0.3, -0.25) is 0 Å². The van der Waals surface area contributed by atoms with E-state index in [-0.39, 0.29) is 17.5 Å². The number of hydrogen-bond donors (Lipinski definition) is 1. The number of rotatable bonds is 0. The Morgan fingerprint density at radius 3 is 2.95 bits per heavy atom. The van der Waals surface area contributed by atoms with Crippen molar-refractivity contribution in [1.29, 1.82) is 0 Å². The van der Waals surface area contributed by atoms with E-state index in [1.807, 2.05) is 0 Å². The zero-order chi connectivity index (χ0) is 13.6. The quantitative estimate of drug-likeness (QED) is 0.772. The van der Waals surface area contributed by atoms with Gasteiger partial charge in [-0.05, 0) is 42.9 Å². The van der Waals surface area contributed by atoms with E-state index in [1.54, 1.807) is 6.07 Å². The summed E-state index contributed by atoms with van der Waals surface area (Å²) < 4.78 is 19.7. The van der Waals surface area contributed by atoms with Crippen LogP contribution in [0.3, 0.4) is 0 Å². The third-order valence-corrected chi connectivity index (χ3v) is 5.19. The number of nitrogens with two attached hydrogens (primary N) is 1. The van der Waals surface area contributed by atoms with Gasteiger partial charge in [-0.25, -0.2) is 4.39 Å². The molecule has 1 fully saturated rings. The Bertz CT molecular complexity index is 490. The molecule has 0 radical (unpaired) electrons. The van der Waals surface area contributed by atoms with E-state index in [0.29, 0.717) is 11.8 Å². The molecule has 0 saturated heterocycles. The van der Waals surface area contributed by atoms with Crippen LogP contribution in [0.15, 0.2) is 18.2 Å². The van der Waals surface area contributed by atoms with Gasteiger partial charge in [0.1, 0.15) is 17.2 Å². The molecule has 1 aliphatic carbocycles. The van der Waals surface area contributed by atoms with Crippen molar-refractivity contribution in [3.8, 4) is 5.75 Å². The van der Waals surface area contributed by atoms with Crippen LogP contribution in [0.1, 0.15) is 51.1 Å². The molecule has 1 saturated carbocycles. The van der Waals surface area contributed by atoms with Crippen molar-refractivity contribution < 1.29 is 9.13 Å². The molecule has 0 amide bonds. The zero-order valence-electron chi connectivity index (χ0n) is 11.7. The summed E-state index contributed by atoms with van der Waals surface area (Å²) in [4.78, 5) is 0. The van der Waals surface area contributed by atoms with Crippen molar-refractivity contribution in [3.05, 3.63) is 29.6 Å². The molecule has 1 heterocycles. The van der Waals surface area contributed by atoms with Gasteiger partial charge in [0, 0.05) is 18.0 Å². The Labute approximate surface area is 114 Å². The molecule has 4 atom stereocenters. The van der Waals surface area contributed by atoms with Crippen LogP contribution in [-0.4, -0.2) is 5.60 Å². The minimum Gasteiger partial charge on any atom is -0.487 e. The molecule has 104 valence electrons. The van der Waals surface area contributed by atoms with Gasteiger partial charge < -0.3 is 10.5 Å². The number of ether oxygens (including phenoxy) is 1. The lowest BCUT2D eigenvalue weighted by Crippen LogP contribution is -2.52. The maximum atomic E-state index is 13.3. The molecule has 4 unspecified atom stereocenters. The molecule has 3 rings (SSSR count). The molecule has 2 aliphatic rings. The number of hydrogen-bond acceptors (Lipinski definition) is 2. The summed E-state index contributed by atoms with van der Waals surface area (Å²) in [5.41, 5.74) is 6.95. The first-order valence-corrected chi connectivity index (χ1v) is 7.26. The van der Waals surface area contributed by atoms with Crippen LogP contribution in [0.4, 0.5) is 4.39 Å². The van der Waals surface area contributed by atoms with Crippen LogP contribution in [0.25, 0.3) is 0 Å². The summed E-state index contributed by atoms with van der Waals surface area (Å²) in [7, 11) is 0. The maximum Gasteiger partial charge on any atom is 0.125 e. The van der Waals surface area contributed by atoms with E-state index in [9.17, 15) is 4.39 Å². The Balaban J connectivity index is 1.98. The lowest BCUT2D eigenvalue weighted by Gasteiger charge is -2.49. The number of benzene rings is 1. The highest BCUT2D eigenvalue weighted by Crippen LogP contribution is 2.49. The smallest absolute Gasteiger partial charge is 0.125 e. The minimum atomic E-state index is -0.237. The first kappa shape index (κ1) is 12.9. The SMILES string of the molecule is CC1CCCC2(CC(N)c3cc(F)ccc3O2)C1C. The van der Waals surface area contributed by atoms with Gasteiger partial charge >= 0.3 is 0 Å². The van der Waals surface area contributed by atoms with Gasteiger partial charge in [-0.2, -0.15) is 0 Å². The first-order valence-electron chi connectivity index (χ1n) is 7.26. The van der Waals surface area contributed by atoms with Crippen LogP contribution < -0.4 is 10.5 Å². The average molecular weight is 263 g/mol. The van der Waals surface area contributed by atoms with Gasteiger partial charge in [0.25, 0.3) is 0 Å². The third kappa shape index (κ3) is 2.04. The second-order valence-corrected chi connectivity index (χ2v) is 6.32. The fourth-order valence-electron chi connectivity index (χ4n) is 3.80. The summed E-state index contributed by atoms with van der Waals surface area (Å²) in [5.74, 6) is 1.69. The predicted molar refractivity (Wildman–Crippen MR) is 73.5 cm³/mol. The van der Waals surface area contributed by atoms with Gasteiger partial charge in [0.2, 0.25) is 0 Å². The van der Waals surface area contributed by atoms with E-state index in [2.05, 4.69) is 13.8 Å². The summed E-state index contributed by atoms with van der Waals surface area (Å²) >= 11 is 0. The maximum absolute atomic E-state index is 13.3. The molecule has 1 aromatic rings. The molecular formula is C16H22FNO. The van der Waals surface area contributed by atoms with Gasteiger partial charge in [0.05, 0.1) is 0 Å². The van der Waals surface area contributed by atoms with Gasteiger partial charge in [-0.1, -0.05) is 20.3 Å². The van der Waals surface area contributed by atoms with E-state index in [4.69, 9.17) is 10.5 Å². The first-order chi connectivity index (χ1) is 9.02. The molecule has 2 N–H and O–H groups in total. The molecular weight excluding hydrogens is 241 g/mol. The molecule has 1 aliphatic heterocycles. The molecule has 0 aromatic heterocycles. The van der Waals surface area contributed by atoms with Crippen molar-refractivity contribution in [2.45, 2.75) is 51.2 Å². The Morgan fingerprint density at radius 1 is 1.37 bits per heavy atom. The van der Waals surface area contributed by atoms with E-state index < -0.39 is 0 Å². The van der Waals surface area contributed by atoms with Crippen LogP contribution in [0.5, 0.6) is 5.75 Å². The number of halogens is 1. The van der Waals surface area contributed by atoms with E-state index >= 15 is 0 Å². The fraction of sp³-hybridized carbons (Fsp3) is 0.625. The normalized spacial score (nSPS) is 37.8. The monoisotopic (exact) mass is 263 g/mol. The largest absolute Gasteiger partial charge is 0.487 e. The standard InChI is InChI=1S/C16H22FNO/c1-10-4-3-7-16(11(10)2)9-14(18)13-8-12(17)5-6-15(13)19-16/h5-6,8,10-11,14H,3-4,7,9,18H2,1-2H3. The lowest BCUT2D eigenvalue weighted by atomic mass is 9.66. The van der Waals surface area contributed by atoms with Gasteiger partial charge in [0.15, 0.2) is 0 Å². The zero-order valence-corrected chi connectivity index (χ0v) is 11.7. The van der Waals surface area contributed by atoms with Crippen molar-refractivity contribution >= 4 is 0 Å². The molecule has 1 spiro atoms. The Morgan fingerprint density at radius 2 is 2.16 bits per heavy atom. The highest BCUT2D eigenvalue weighted by Gasteiger charge is 2.47.